The van der Waals surface area contributed by atoms with Crippen LogP contribution in [-0.2, 0) is 16.1 Å². The van der Waals surface area contributed by atoms with Crippen molar-refractivity contribution in [3.8, 4) is 0 Å². The largest absolute Gasteiger partial charge is 0.347 e. The maximum Gasteiger partial charge on any atom is 0.275 e. The molecule has 2 N–H and O–H groups in total. The molecular formula is C19H33N6O2S+. The number of thioether (sulfide) groups is 1. The van der Waals surface area contributed by atoms with Gasteiger partial charge in [-0.15, -0.1) is 10.2 Å². The van der Waals surface area contributed by atoms with Crippen molar-refractivity contribution in [2.45, 2.75) is 63.7 Å². The van der Waals surface area contributed by atoms with Gasteiger partial charge in [-0.05, 0) is 40.5 Å². The van der Waals surface area contributed by atoms with Crippen LogP contribution in [0.25, 0.3) is 0 Å². The molecule has 1 saturated heterocycles. The summed E-state index contributed by atoms with van der Waals surface area (Å²) in [6, 6.07) is 0. The molecule has 0 atom stereocenters. The number of amides is 2. The smallest absolute Gasteiger partial charge is 0.275 e. The molecule has 28 heavy (non-hydrogen) atoms. The van der Waals surface area contributed by atoms with Gasteiger partial charge in [0.15, 0.2) is 11.7 Å². The summed E-state index contributed by atoms with van der Waals surface area (Å²) in [4.78, 5) is 27.8. The second-order valence-electron chi connectivity index (χ2n) is 8.75. The van der Waals surface area contributed by atoms with Gasteiger partial charge >= 0.3 is 0 Å². The topological polar surface area (TPSA) is 84.6 Å². The van der Waals surface area contributed by atoms with E-state index in [9.17, 15) is 9.59 Å². The van der Waals surface area contributed by atoms with Gasteiger partial charge in [-0.25, -0.2) is 0 Å². The number of carbonyl (C=O) groups excluding carboxylic acids is 2. The molecule has 9 heteroatoms. The van der Waals surface area contributed by atoms with Gasteiger partial charge < -0.3 is 19.7 Å². The van der Waals surface area contributed by atoms with Gasteiger partial charge in [0.2, 0.25) is 5.91 Å². The molecule has 2 fully saturated rings. The van der Waals surface area contributed by atoms with Crippen LogP contribution < -0.4 is 10.2 Å². The average Bonchev–Trinajstić information content (AvgIpc) is 3.38. The molecule has 156 valence electrons. The number of hydrogen-bond acceptors (Lipinski definition) is 5. The molecule has 8 nitrogen and oxygen atoms in total. The molecule has 1 aromatic heterocycles. The molecule has 0 spiro atoms. The normalized spacial score (nSPS) is 18.4. The van der Waals surface area contributed by atoms with Crippen molar-refractivity contribution in [3.05, 3.63) is 5.82 Å². The van der Waals surface area contributed by atoms with E-state index < -0.39 is 0 Å². The number of nitrogens with zero attached hydrogens (tertiary/aromatic N) is 4. The fourth-order valence-corrected chi connectivity index (χ4v) is 4.42. The Hall–Kier alpha value is -1.61. The molecular weight excluding hydrogens is 376 g/mol. The van der Waals surface area contributed by atoms with Crippen molar-refractivity contribution < 1.29 is 14.5 Å². The standard InChI is InChI=1S/C19H32N6O2S/c1-5-25-17(14-6-7-14)21-22-18(25)28-13-16(27)24-10-8-23(9-11-24)12-15(26)20-19(2,3)4/h14H,5-13H2,1-4H3,(H,20,26)/p+1. The van der Waals surface area contributed by atoms with Crippen LogP contribution in [0.15, 0.2) is 5.16 Å². The number of quaternary nitrogens is 1. The molecule has 2 heterocycles. The van der Waals surface area contributed by atoms with Crippen LogP contribution in [0.1, 0.15) is 52.3 Å². The second kappa shape index (κ2) is 8.82. The third-order valence-corrected chi connectivity index (χ3v) is 6.03. The monoisotopic (exact) mass is 409 g/mol. The minimum absolute atomic E-state index is 0.0724. The van der Waals surface area contributed by atoms with Crippen LogP contribution in [0, 0.1) is 0 Å². The van der Waals surface area contributed by atoms with Crippen molar-refractivity contribution in [2.24, 2.45) is 0 Å². The molecule has 1 aromatic rings. The lowest BCUT2D eigenvalue weighted by Crippen LogP contribution is -3.16. The van der Waals surface area contributed by atoms with E-state index in [4.69, 9.17) is 0 Å². The van der Waals surface area contributed by atoms with E-state index in [0.717, 1.165) is 30.6 Å². The Morgan fingerprint density at radius 3 is 2.46 bits per heavy atom. The number of rotatable bonds is 7. The van der Waals surface area contributed by atoms with E-state index in [1.165, 1.54) is 29.5 Å². The Labute approximate surface area is 171 Å². The first-order chi connectivity index (χ1) is 13.3. The van der Waals surface area contributed by atoms with Crippen molar-refractivity contribution in [1.82, 2.24) is 25.0 Å². The first-order valence-electron chi connectivity index (χ1n) is 10.2. The van der Waals surface area contributed by atoms with Gasteiger partial charge in [-0.2, -0.15) is 0 Å². The lowest BCUT2D eigenvalue weighted by atomic mass is 10.1. The fourth-order valence-electron chi connectivity index (χ4n) is 3.50. The lowest BCUT2D eigenvalue weighted by Gasteiger charge is -2.32. The molecule has 1 saturated carbocycles. The van der Waals surface area contributed by atoms with Crippen LogP contribution in [0.2, 0.25) is 0 Å². The first kappa shape index (κ1) is 21.1. The maximum absolute atomic E-state index is 12.6. The van der Waals surface area contributed by atoms with E-state index in [0.29, 0.717) is 31.3 Å². The molecule has 0 aromatic carbocycles. The summed E-state index contributed by atoms with van der Waals surface area (Å²) in [6.07, 6.45) is 2.39. The highest BCUT2D eigenvalue weighted by molar-refractivity contribution is 7.99. The zero-order valence-electron chi connectivity index (χ0n) is 17.5. The zero-order valence-corrected chi connectivity index (χ0v) is 18.3. The number of piperazine rings is 1. The van der Waals surface area contributed by atoms with Crippen molar-refractivity contribution >= 4 is 23.6 Å². The predicted octanol–water partition coefficient (Wildman–Crippen LogP) is -0.0907. The zero-order chi connectivity index (χ0) is 20.3. The Bertz CT molecular complexity index is 702. The Balaban J connectivity index is 1.42. The summed E-state index contributed by atoms with van der Waals surface area (Å²) in [7, 11) is 0. The summed E-state index contributed by atoms with van der Waals surface area (Å²) >= 11 is 1.48. The van der Waals surface area contributed by atoms with Crippen molar-refractivity contribution in [1.29, 1.82) is 0 Å². The SMILES string of the molecule is CCn1c(SCC(=O)N2CC[NH+](CC(=O)NC(C)(C)C)CC2)nnc1C1CC1. The molecule has 0 unspecified atom stereocenters. The molecule has 3 rings (SSSR count). The summed E-state index contributed by atoms with van der Waals surface area (Å²) < 4.78 is 2.14. The highest BCUT2D eigenvalue weighted by Crippen LogP contribution is 2.39. The van der Waals surface area contributed by atoms with Gasteiger partial charge in [0.1, 0.15) is 5.82 Å². The summed E-state index contributed by atoms with van der Waals surface area (Å²) in [5.41, 5.74) is -0.204. The van der Waals surface area contributed by atoms with Crippen LogP contribution in [0.3, 0.4) is 0 Å². The molecule has 2 aliphatic rings. The number of hydrogen-bond donors (Lipinski definition) is 2. The summed E-state index contributed by atoms with van der Waals surface area (Å²) in [5, 5.41) is 12.5. The van der Waals surface area contributed by atoms with Crippen molar-refractivity contribution in [2.75, 3.05) is 38.5 Å². The van der Waals surface area contributed by atoms with E-state index in [-0.39, 0.29) is 17.4 Å². The quantitative estimate of drug-likeness (QED) is 0.615. The van der Waals surface area contributed by atoms with Gasteiger partial charge in [-0.3, -0.25) is 9.59 Å². The average molecular weight is 410 g/mol. The van der Waals surface area contributed by atoms with E-state index >= 15 is 0 Å². The van der Waals surface area contributed by atoms with Crippen LogP contribution in [0.4, 0.5) is 0 Å². The van der Waals surface area contributed by atoms with Gasteiger partial charge in [0.25, 0.3) is 5.91 Å². The van der Waals surface area contributed by atoms with E-state index in [1.807, 2.05) is 25.7 Å². The van der Waals surface area contributed by atoms with E-state index in [2.05, 4.69) is 27.0 Å². The molecule has 0 bridgehead atoms. The highest BCUT2D eigenvalue weighted by atomic mass is 32.2. The summed E-state index contributed by atoms with van der Waals surface area (Å²) in [6.45, 7) is 12.4. The molecule has 0 radical (unpaired) electrons. The van der Waals surface area contributed by atoms with Gasteiger partial charge in [0, 0.05) is 18.0 Å². The highest BCUT2D eigenvalue weighted by Gasteiger charge is 2.31. The fraction of sp³-hybridized carbons (Fsp3) is 0.789. The number of nitrogens with one attached hydrogen (secondary N) is 2. The van der Waals surface area contributed by atoms with Crippen LogP contribution in [-0.4, -0.2) is 75.5 Å². The van der Waals surface area contributed by atoms with Crippen molar-refractivity contribution in [3.63, 3.8) is 0 Å². The molecule has 2 amide bonds. The van der Waals surface area contributed by atoms with Crippen LogP contribution in [0.5, 0.6) is 0 Å². The Kier molecular flexibility index (Phi) is 6.65. The Morgan fingerprint density at radius 2 is 1.89 bits per heavy atom. The van der Waals surface area contributed by atoms with E-state index in [1.54, 1.807) is 0 Å². The second-order valence-corrected chi connectivity index (χ2v) is 9.70. The maximum atomic E-state index is 12.6. The minimum Gasteiger partial charge on any atom is -0.347 e. The predicted molar refractivity (Wildman–Crippen MR) is 108 cm³/mol. The van der Waals surface area contributed by atoms with Gasteiger partial charge in [0.05, 0.1) is 31.9 Å². The summed E-state index contributed by atoms with van der Waals surface area (Å²) in [5.74, 6) is 2.24. The Morgan fingerprint density at radius 1 is 1.21 bits per heavy atom. The lowest BCUT2D eigenvalue weighted by molar-refractivity contribution is -0.896. The third-order valence-electron chi connectivity index (χ3n) is 5.08. The number of carbonyl (C=O) groups is 2. The van der Waals surface area contributed by atoms with Gasteiger partial charge in [-0.1, -0.05) is 11.8 Å². The molecule has 1 aliphatic carbocycles. The van der Waals surface area contributed by atoms with Crippen LogP contribution >= 0.6 is 11.8 Å². The molecule has 1 aliphatic heterocycles. The number of aromatic nitrogens is 3. The minimum atomic E-state index is -0.204. The third kappa shape index (κ3) is 5.70. The first-order valence-corrected chi connectivity index (χ1v) is 11.2.